The summed E-state index contributed by atoms with van der Waals surface area (Å²) < 4.78 is 4.83. The van der Waals surface area contributed by atoms with Crippen LogP contribution in [0.1, 0.15) is 43.7 Å². The van der Waals surface area contributed by atoms with Gasteiger partial charge in [0.15, 0.2) is 0 Å². The average molecular weight is 274 g/mol. The fourth-order valence-electron chi connectivity index (χ4n) is 2.54. The van der Waals surface area contributed by atoms with E-state index in [1.54, 1.807) is 6.92 Å². The first-order chi connectivity index (χ1) is 9.69. The van der Waals surface area contributed by atoms with E-state index in [0.29, 0.717) is 13.0 Å². The second-order valence-corrected chi connectivity index (χ2v) is 5.19. The number of esters is 1. The summed E-state index contributed by atoms with van der Waals surface area (Å²) in [5, 5.41) is 9.87. The Labute approximate surface area is 120 Å². The summed E-state index contributed by atoms with van der Waals surface area (Å²) in [6, 6.07) is 8.26. The fraction of sp³-hybridized carbons (Fsp3) is 0.471. The van der Waals surface area contributed by atoms with Crippen LogP contribution in [0.4, 0.5) is 0 Å². The molecule has 2 rings (SSSR count). The molecular formula is C17H22O3. The van der Waals surface area contributed by atoms with Crippen molar-refractivity contribution in [2.75, 3.05) is 6.61 Å². The first kappa shape index (κ1) is 14.8. The van der Waals surface area contributed by atoms with E-state index >= 15 is 0 Å². The molecule has 1 atom stereocenters. The number of rotatable bonds is 6. The highest BCUT2D eigenvalue weighted by atomic mass is 16.5. The number of carbonyl (C=O) groups excluding carboxylic acids is 1. The minimum atomic E-state index is -0.675. The van der Waals surface area contributed by atoms with Crippen LogP contribution in [0.5, 0.6) is 0 Å². The quantitative estimate of drug-likeness (QED) is 0.811. The summed E-state index contributed by atoms with van der Waals surface area (Å²) in [6.07, 6.45) is 5.74. The van der Waals surface area contributed by atoms with E-state index in [1.165, 1.54) is 24.0 Å². The molecule has 1 N–H and O–H groups in total. The minimum Gasteiger partial charge on any atom is -0.466 e. The second kappa shape index (κ2) is 7.25. The van der Waals surface area contributed by atoms with E-state index in [0.717, 1.165) is 12.0 Å². The van der Waals surface area contributed by atoms with Crippen molar-refractivity contribution in [1.29, 1.82) is 0 Å². The zero-order valence-corrected chi connectivity index (χ0v) is 12.0. The van der Waals surface area contributed by atoms with Crippen LogP contribution in [0.15, 0.2) is 30.3 Å². The molecule has 1 aliphatic rings. The molecule has 0 aliphatic heterocycles. The molecule has 0 radical (unpaired) electrons. The first-order valence-electron chi connectivity index (χ1n) is 7.31. The zero-order chi connectivity index (χ0) is 14.4. The molecule has 1 aromatic carbocycles. The molecule has 0 bridgehead atoms. The van der Waals surface area contributed by atoms with E-state index in [1.807, 2.05) is 12.1 Å². The number of benzene rings is 1. The topological polar surface area (TPSA) is 46.5 Å². The molecule has 1 aliphatic carbocycles. The van der Waals surface area contributed by atoms with Crippen molar-refractivity contribution in [3.05, 3.63) is 41.5 Å². The van der Waals surface area contributed by atoms with Crippen LogP contribution in [-0.2, 0) is 16.0 Å². The molecule has 0 spiro atoms. The Hall–Kier alpha value is -1.61. The lowest BCUT2D eigenvalue weighted by Crippen LogP contribution is -2.18. The zero-order valence-electron chi connectivity index (χ0n) is 12.0. The molecule has 3 heteroatoms. The van der Waals surface area contributed by atoms with E-state index in [-0.39, 0.29) is 12.4 Å². The van der Waals surface area contributed by atoms with E-state index in [2.05, 4.69) is 18.2 Å². The summed E-state index contributed by atoms with van der Waals surface area (Å²) in [7, 11) is 0. The first-order valence-corrected chi connectivity index (χ1v) is 7.31. The van der Waals surface area contributed by atoms with Crippen molar-refractivity contribution in [3.8, 4) is 0 Å². The molecule has 0 heterocycles. The normalized spacial score (nSPS) is 15.8. The van der Waals surface area contributed by atoms with Crippen molar-refractivity contribution in [2.45, 2.75) is 45.1 Å². The Morgan fingerprint density at radius 3 is 2.70 bits per heavy atom. The SMILES string of the molecule is CCOC(=O)C[C@@H](O)Cc1ccc(C2=CCCC2)cc1. The van der Waals surface area contributed by atoms with Gasteiger partial charge in [-0.15, -0.1) is 0 Å². The summed E-state index contributed by atoms with van der Waals surface area (Å²) in [6.45, 7) is 2.12. The maximum Gasteiger partial charge on any atom is 0.308 e. The van der Waals surface area contributed by atoms with Gasteiger partial charge in [-0.05, 0) is 49.3 Å². The number of carbonyl (C=O) groups is 1. The third-order valence-corrected chi connectivity index (χ3v) is 3.54. The number of hydrogen-bond acceptors (Lipinski definition) is 3. The molecule has 0 fully saturated rings. The summed E-state index contributed by atoms with van der Waals surface area (Å²) in [4.78, 5) is 11.3. The van der Waals surface area contributed by atoms with Crippen LogP contribution >= 0.6 is 0 Å². The van der Waals surface area contributed by atoms with Gasteiger partial charge in [-0.25, -0.2) is 0 Å². The van der Waals surface area contributed by atoms with Crippen molar-refractivity contribution in [1.82, 2.24) is 0 Å². The predicted molar refractivity (Wildman–Crippen MR) is 79.2 cm³/mol. The third-order valence-electron chi connectivity index (χ3n) is 3.54. The highest BCUT2D eigenvalue weighted by molar-refractivity contribution is 5.70. The Bertz CT molecular complexity index is 474. The second-order valence-electron chi connectivity index (χ2n) is 5.19. The van der Waals surface area contributed by atoms with Gasteiger partial charge in [0.2, 0.25) is 0 Å². The highest BCUT2D eigenvalue weighted by Crippen LogP contribution is 2.27. The molecule has 1 aromatic rings. The summed E-state index contributed by atoms with van der Waals surface area (Å²) >= 11 is 0. The lowest BCUT2D eigenvalue weighted by Gasteiger charge is -2.10. The number of aliphatic hydroxyl groups excluding tert-OH is 1. The van der Waals surface area contributed by atoms with E-state index < -0.39 is 6.10 Å². The standard InChI is InChI=1S/C17H22O3/c1-2-20-17(19)12-16(18)11-13-7-9-15(10-8-13)14-5-3-4-6-14/h5,7-10,16,18H,2-4,6,11-12H2,1H3/t16-/m0/s1. The molecular weight excluding hydrogens is 252 g/mol. The predicted octanol–water partition coefficient (Wildman–Crippen LogP) is 3.11. The van der Waals surface area contributed by atoms with Crippen molar-refractivity contribution in [3.63, 3.8) is 0 Å². The number of aliphatic hydroxyl groups is 1. The molecule has 108 valence electrons. The number of allylic oxidation sites excluding steroid dienone is 2. The van der Waals surface area contributed by atoms with E-state index in [4.69, 9.17) is 4.74 Å². The fourth-order valence-corrected chi connectivity index (χ4v) is 2.54. The Kier molecular flexibility index (Phi) is 5.36. The highest BCUT2D eigenvalue weighted by Gasteiger charge is 2.13. The monoisotopic (exact) mass is 274 g/mol. The largest absolute Gasteiger partial charge is 0.466 e. The third kappa shape index (κ3) is 4.20. The maximum atomic E-state index is 11.3. The van der Waals surface area contributed by atoms with Crippen LogP contribution in [0.3, 0.4) is 0 Å². The molecule has 3 nitrogen and oxygen atoms in total. The molecule has 0 saturated carbocycles. The minimum absolute atomic E-state index is 0.0563. The summed E-state index contributed by atoms with van der Waals surface area (Å²) in [5.41, 5.74) is 3.74. The molecule has 0 amide bonds. The van der Waals surface area contributed by atoms with Gasteiger partial charge in [0, 0.05) is 0 Å². The van der Waals surface area contributed by atoms with E-state index in [9.17, 15) is 9.90 Å². The Morgan fingerprint density at radius 2 is 2.10 bits per heavy atom. The maximum absolute atomic E-state index is 11.3. The smallest absolute Gasteiger partial charge is 0.308 e. The van der Waals surface area contributed by atoms with Crippen LogP contribution in [0.2, 0.25) is 0 Å². The van der Waals surface area contributed by atoms with Crippen LogP contribution in [-0.4, -0.2) is 23.8 Å². The van der Waals surface area contributed by atoms with Gasteiger partial charge in [-0.2, -0.15) is 0 Å². The summed E-state index contributed by atoms with van der Waals surface area (Å²) in [5.74, 6) is -0.340. The van der Waals surface area contributed by atoms with Gasteiger partial charge in [0.05, 0.1) is 19.1 Å². The molecule has 20 heavy (non-hydrogen) atoms. The van der Waals surface area contributed by atoms with Gasteiger partial charge in [-0.1, -0.05) is 30.3 Å². The Morgan fingerprint density at radius 1 is 1.35 bits per heavy atom. The molecule has 0 aromatic heterocycles. The van der Waals surface area contributed by atoms with Gasteiger partial charge in [-0.3, -0.25) is 4.79 Å². The molecule has 0 saturated heterocycles. The van der Waals surface area contributed by atoms with Gasteiger partial charge >= 0.3 is 5.97 Å². The van der Waals surface area contributed by atoms with Gasteiger partial charge in [0.25, 0.3) is 0 Å². The van der Waals surface area contributed by atoms with Crippen LogP contribution in [0.25, 0.3) is 5.57 Å². The van der Waals surface area contributed by atoms with Crippen molar-refractivity contribution in [2.24, 2.45) is 0 Å². The van der Waals surface area contributed by atoms with Crippen molar-refractivity contribution >= 4 is 11.5 Å². The lowest BCUT2D eigenvalue weighted by atomic mass is 10.0. The van der Waals surface area contributed by atoms with Crippen LogP contribution in [0, 0.1) is 0 Å². The van der Waals surface area contributed by atoms with Gasteiger partial charge < -0.3 is 9.84 Å². The Balaban J connectivity index is 1.88. The van der Waals surface area contributed by atoms with Crippen molar-refractivity contribution < 1.29 is 14.6 Å². The average Bonchev–Trinajstić information content (AvgIpc) is 2.93. The lowest BCUT2D eigenvalue weighted by molar-refractivity contribution is -0.145. The number of ether oxygens (including phenoxy) is 1. The van der Waals surface area contributed by atoms with Crippen LogP contribution < -0.4 is 0 Å². The van der Waals surface area contributed by atoms with Gasteiger partial charge in [0.1, 0.15) is 0 Å². The number of hydrogen-bond donors (Lipinski definition) is 1. The molecule has 0 unspecified atom stereocenters.